The molecule has 4 rings (SSSR count). The van der Waals surface area contributed by atoms with Crippen LogP contribution < -0.4 is 5.43 Å². The summed E-state index contributed by atoms with van der Waals surface area (Å²) >= 11 is 0. The number of hydrogen-bond donors (Lipinski definition) is 1. The Morgan fingerprint density at radius 1 is 1.12 bits per heavy atom. The molecule has 0 amide bonds. The smallest absolute Gasteiger partial charge is 0.196 e. The van der Waals surface area contributed by atoms with E-state index in [1.807, 2.05) is 19.2 Å². The van der Waals surface area contributed by atoms with Gasteiger partial charge in [0, 0.05) is 18.0 Å². The first-order valence-electron chi connectivity index (χ1n) is 8.07. The number of nitrogens with one attached hydrogen (secondary N) is 1. The van der Waals surface area contributed by atoms with Crippen LogP contribution in [0.3, 0.4) is 0 Å². The minimum atomic E-state index is -0.235. The highest BCUT2D eigenvalue weighted by atomic mass is 16.1. The summed E-state index contributed by atoms with van der Waals surface area (Å²) < 4.78 is 4.49. The van der Waals surface area contributed by atoms with Gasteiger partial charge < -0.3 is 9.13 Å². The molecule has 3 aromatic rings. The molecule has 24 heavy (non-hydrogen) atoms. The van der Waals surface area contributed by atoms with Gasteiger partial charge in [-0.2, -0.15) is 5.10 Å². The van der Waals surface area contributed by atoms with Crippen LogP contribution >= 0.6 is 0 Å². The molecule has 6 nitrogen and oxygen atoms in total. The van der Waals surface area contributed by atoms with Crippen LogP contribution in [0.4, 0.5) is 0 Å². The number of hydrogen-bond acceptors (Lipinski definition) is 3. The zero-order chi connectivity index (χ0) is 17.3. The van der Waals surface area contributed by atoms with Gasteiger partial charge in [0.25, 0.3) is 0 Å². The highest BCUT2D eigenvalue weighted by Crippen LogP contribution is 2.46. The molecule has 0 saturated heterocycles. The molecule has 1 N–H and O–H groups in total. The van der Waals surface area contributed by atoms with Crippen LogP contribution in [0.15, 0.2) is 35.6 Å². The molecule has 0 atom stereocenters. The molecule has 1 aliphatic rings. The Kier molecular flexibility index (Phi) is 2.78. The van der Waals surface area contributed by atoms with Crippen LogP contribution in [0.25, 0.3) is 22.8 Å². The molecule has 0 aromatic carbocycles. The summed E-state index contributed by atoms with van der Waals surface area (Å²) in [6.45, 7) is 10.7. The maximum Gasteiger partial charge on any atom is 0.196 e. The molecule has 1 aliphatic heterocycles. The van der Waals surface area contributed by atoms with Crippen molar-refractivity contribution < 1.29 is 0 Å². The normalized spacial score (nSPS) is 17.4. The first kappa shape index (κ1) is 14.9. The summed E-state index contributed by atoms with van der Waals surface area (Å²) in [6, 6.07) is 4.11. The third kappa shape index (κ3) is 1.63. The van der Waals surface area contributed by atoms with Crippen LogP contribution in [-0.4, -0.2) is 24.3 Å². The van der Waals surface area contributed by atoms with E-state index < -0.39 is 0 Å². The first-order chi connectivity index (χ1) is 11.3. The SMILES string of the molecule is Cc1c2n(cc(-c3ncn[nH]3)c1=O)C(C)(C)C(C)(C)n1cccc1-2. The van der Waals surface area contributed by atoms with Crippen LogP contribution in [-0.2, 0) is 11.1 Å². The summed E-state index contributed by atoms with van der Waals surface area (Å²) in [7, 11) is 0. The molecule has 0 fully saturated rings. The second-order valence-corrected chi connectivity index (χ2v) is 7.43. The van der Waals surface area contributed by atoms with E-state index in [-0.39, 0.29) is 16.5 Å². The number of aromatic nitrogens is 5. The van der Waals surface area contributed by atoms with Crippen LogP contribution in [0, 0.1) is 6.92 Å². The van der Waals surface area contributed by atoms with E-state index >= 15 is 0 Å². The van der Waals surface area contributed by atoms with Crippen molar-refractivity contribution >= 4 is 0 Å². The first-order valence-corrected chi connectivity index (χ1v) is 8.07. The topological polar surface area (TPSA) is 68.5 Å². The summed E-state index contributed by atoms with van der Waals surface area (Å²) in [5.41, 5.74) is 2.92. The zero-order valence-electron chi connectivity index (χ0n) is 14.6. The Bertz CT molecular complexity index is 989. The molecule has 0 saturated carbocycles. The third-order valence-electron chi connectivity index (χ3n) is 5.80. The molecule has 6 heteroatoms. The largest absolute Gasteiger partial charge is 0.338 e. The van der Waals surface area contributed by atoms with Gasteiger partial charge in [-0.1, -0.05) is 0 Å². The lowest BCUT2D eigenvalue weighted by molar-refractivity contribution is 0.117. The maximum absolute atomic E-state index is 12.9. The van der Waals surface area contributed by atoms with Crippen molar-refractivity contribution in [3.05, 3.63) is 46.6 Å². The molecular formula is C18H21N5O. The summed E-state index contributed by atoms with van der Waals surface area (Å²) in [6.07, 6.45) is 5.44. The lowest BCUT2D eigenvalue weighted by Crippen LogP contribution is -2.53. The standard InChI is InChI=1S/C18H21N5O/c1-11-14-13-7-6-8-22(13)17(2,3)18(4,5)23(14)9-12(15(11)24)16-19-10-20-21-16/h6-10H,1-5H3,(H,19,20,21). The summed E-state index contributed by atoms with van der Waals surface area (Å²) in [5.74, 6) is 0.507. The van der Waals surface area contributed by atoms with Crippen LogP contribution in [0.1, 0.15) is 33.3 Å². The number of pyridine rings is 1. The number of rotatable bonds is 1. The number of fused-ring (bicyclic) bond motifs is 3. The lowest BCUT2D eigenvalue weighted by Gasteiger charge is -2.50. The highest BCUT2D eigenvalue weighted by Gasteiger charge is 2.45. The summed E-state index contributed by atoms with van der Waals surface area (Å²) in [4.78, 5) is 17.1. The van der Waals surface area contributed by atoms with Gasteiger partial charge in [0.2, 0.25) is 0 Å². The van der Waals surface area contributed by atoms with Gasteiger partial charge in [-0.3, -0.25) is 9.89 Å². The molecule has 0 unspecified atom stereocenters. The van der Waals surface area contributed by atoms with E-state index in [0.29, 0.717) is 11.4 Å². The Morgan fingerprint density at radius 2 is 1.83 bits per heavy atom. The van der Waals surface area contributed by atoms with E-state index in [1.54, 1.807) is 0 Å². The minimum Gasteiger partial charge on any atom is -0.338 e. The molecular weight excluding hydrogens is 302 g/mol. The average Bonchev–Trinajstić information content (AvgIpc) is 3.19. The Labute approximate surface area is 140 Å². The van der Waals surface area contributed by atoms with Crippen molar-refractivity contribution in [2.45, 2.75) is 45.7 Å². The van der Waals surface area contributed by atoms with Gasteiger partial charge in [-0.15, -0.1) is 0 Å². The molecule has 0 bridgehead atoms. The van der Waals surface area contributed by atoms with E-state index in [9.17, 15) is 4.79 Å². The molecule has 4 heterocycles. The van der Waals surface area contributed by atoms with Crippen LogP contribution in [0.5, 0.6) is 0 Å². The Hall–Kier alpha value is -2.63. The Balaban J connectivity index is 2.14. The van der Waals surface area contributed by atoms with Gasteiger partial charge in [0.05, 0.1) is 28.0 Å². The van der Waals surface area contributed by atoms with Gasteiger partial charge in [-0.25, -0.2) is 4.98 Å². The fraction of sp³-hybridized carbons (Fsp3) is 0.389. The number of aromatic amines is 1. The zero-order valence-corrected chi connectivity index (χ0v) is 14.6. The highest BCUT2D eigenvalue weighted by molar-refractivity contribution is 5.68. The van der Waals surface area contributed by atoms with Gasteiger partial charge in [-0.05, 0) is 46.8 Å². The molecule has 3 aromatic heterocycles. The molecule has 124 valence electrons. The summed E-state index contributed by atoms with van der Waals surface area (Å²) in [5, 5.41) is 6.70. The van der Waals surface area contributed by atoms with E-state index in [2.05, 4.69) is 64.3 Å². The molecule has 0 spiro atoms. The van der Waals surface area contributed by atoms with E-state index in [0.717, 1.165) is 17.0 Å². The van der Waals surface area contributed by atoms with Gasteiger partial charge in [0.1, 0.15) is 6.33 Å². The van der Waals surface area contributed by atoms with Crippen LogP contribution in [0.2, 0.25) is 0 Å². The number of H-pyrrole nitrogens is 1. The van der Waals surface area contributed by atoms with Gasteiger partial charge >= 0.3 is 0 Å². The fourth-order valence-corrected chi connectivity index (χ4v) is 3.65. The second kappa shape index (κ2) is 4.47. The van der Waals surface area contributed by atoms with E-state index in [1.165, 1.54) is 6.33 Å². The molecule has 0 aliphatic carbocycles. The minimum absolute atomic E-state index is 0.0127. The monoisotopic (exact) mass is 323 g/mol. The van der Waals surface area contributed by atoms with Crippen molar-refractivity contribution in [1.29, 1.82) is 0 Å². The maximum atomic E-state index is 12.9. The fourth-order valence-electron chi connectivity index (χ4n) is 3.65. The number of nitrogens with zero attached hydrogens (tertiary/aromatic N) is 4. The quantitative estimate of drug-likeness (QED) is 0.748. The van der Waals surface area contributed by atoms with Crippen molar-refractivity contribution in [2.24, 2.45) is 0 Å². The third-order valence-corrected chi connectivity index (χ3v) is 5.80. The molecule has 0 radical (unpaired) electrons. The van der Waals surface area contributed by atoms with E-state index in [4.69, 9.17) is 0 Å². The van der Waals surface area contributed by atoms with Crippen molar-refractivity contribution in [3.63, 3.8) is 0 Å². The lowest BCUT2D eigenvalue weighted by atomic mass is 9.78. The Morgan fingerprint density at radius 3 is 2.50 bits per heavy atom. The second-order valence-electron chi connectivity index (χ2n) is 7.43. The predicted molar refractivity (Wildman–Crippen MR) is 92.9 cm³/mol. The average molecular weight is 323 g/mol. The van der Waals surface area contributed by atoms with Gasteiger partial charge in [0.15, 0.2) is 11.3 Å². The van der Waals surface area contributed by atoms with Crippen molar-refractivity contribution in [2.75, 3.05) is 0 Å². The van der Waals surface area contributed by atoms with Crippen molar-refractivity contribution in [3.8, 4) is 22.8 Å². The predicted octanol–water partition coefficient (Wildman–Crippen LogP) is 2.89. The van der Waals surface area contributed by atoms with Crippen molar-refractivity contribution in [1.82, 2.24) is 24.3 Å².